The number of aliphatic hydroxyl groups excluding tert-OH is 1. The van der Waals surface area contributed by atoms with E-state index in [0.717, 1.165) is 6.07 Å². The molecular weight excluding hydrogens is 177 g/mol. The molecule has 0 spiro atoms. The van der Waals surface area contributed by atoms with Crippen molar-refractivity contribution in [1.29, 1.82) is 0 Å². The third kappa shape index (κ3) is 1.81. The van der Waals surface area contributed by atoms with E-state index in [-0.39, 0.29) is 5.56 Å². The lowest BCUT2D eigenvalue weighted by molar-refractivity contribution is -0.387. The molecule has 0 unspecified atom stereocenters. The third-order valence-corrected chi connectivity index (χ3v) is 1.65. The Balaban J connectivity index is 3.26. The highest BCUT2D eigenvalue weighted by Gasteiger charge is 2.19. The first kappa shape index (κ1) is 9.60. The van der Waals surface area contributed by atoms with Gasteiger partial charge in [-0.2, -0.15) is 4.39 Å². The zero-order chi connectivity index (χ0) is 10.0. The summed E-state index contributed by atoms with van der Waals surface area (Å²) in [6, 6.07) is 3.71. The van der Waals surface area contributed by atoms with Gasteiger partial charge in [0.2, 0.25) is 5.82 Å². The standard InChI is InChI=1S/C8H8FNO3/c1-5(11)6-3-2-4-7(8(6)9)10(12)13/h2-5,11H,1H3/t5-/m0/s1. The number of nitro groups is 1. The highest BCUT2D eigenvalue weighted by molar-refractivity contribution is 5.37. The SMILES string of the molecule is C[C@H](O)c1cccc([N+](=O)[O-])c1F. The van der Waals surface area contributed by atoms with Gasteiger partial charge >= 0.3 is 5.69 Å². The Morgan fingerprint density at radius 3 is 2.69 bits per heavy atom. The summed E-state index contributed by atoms with van der Waals surface area (Å²) < 4.78 is 13.2. The molecule has 0 aromatic heterocycles. The van der Waals surface area contributed by atoms with Crippen LogP contribution in [0.1, 0.15) is 18.6 Å². The van der Waals surface area contributed by atoms with Crippen molar-refractivity contribution in [3.63, 3.8) is 0 Å². The molecule has 0 aliphatic carbocycles. The van der Waals surface area contributed by atoms with E-state index in [1.54, 1.807) is 0 Å². The molecule has 0 amide bonds. The lowest BCUT2D eigenvalue weighted by atomic mass is 10.1. The highest BCUT2D eigenvalue weighted by atomic mass is 19.1. The minimum Gasteiger partial charge on any atom is -0.389 e. The molecule has 1 N–H and O–H groups in total. The molecule has 0 fully saturated rings. The summed E-state index contributed by atoms with van der Waals surface area (Å²) in [6.07, 6.45) is -1.04. The Morgan fingerprint density at radius 2 is 2.23 bits per heavy atom. The fourth-order valence-corrected chi connectivity index (χ4v) is 1.00. The van der Waals surface area contributed by atoms with Gasteiger partial charge in [-0.25, -0.2) is 0 Å². The van der Waals surface area contributed by atoms with E-state index in [1.807, 2.05) is 0 Å². The summed E-state index contributed by atoms with van der Waals surface area (Å²) >= 11 is 0. The summed E-state index contributed by atoms with van der Waals surface area (Å²) in [5.41, 5.74) is -0.674. The Morgan fingerprint density at radius 1 is 1.62 bits per heavy atom. The molecule has 70 valence electrons. The van der Waals surface area contributed by atoms with Gasteiger partial charge in [-0.05, 0) is 6.92 Å². The van der Waals surface area contributed by atoms with Crippen molar-refractivity contribution in [3.8, 4) is 0 Å². The number of hydrogen-bond donors (Lipinski definition) is 1. The number of halogens is 1. The minimum atomic E-state index is -1.04. The van der Waals surface area contributed by atoms with Gasteiger partial charge in [0.25, 0.3) is 0 Å². The van der Waals surface area contributed by atoms with Gasteiger partial charge < -0.3 is 5.11 Å². The Hall–Kier alpha value is -1.49. The molecule has 0 aliphatic heterocycles. The molecule has 1 aromatic rings. The summed E-state index contributed by atoms with van der Waals surface area (Å²) in [5.74, 6) is -0.970. The number of benzene rings is 1. The monoisotopic (exact) mass is 185 g/mol. The van der Waals surface area contributed by atoms with Crippen molar-refractivity contribution in [3.05, 3.63) is 39.7 Å². The predicted octanol–water partition coefficient (Wildman–Crippen LogP) is 1.79. The molecule has 13 heavy (non-hydrogen) atoms. The quantitative estimate of drug-likeness (QED) is 0.564. The first-order valence-corrected chi connectivity index (χ1v) is 3.65. The Kier molecular flexibility index (Phi) is 2.57. The average Bonchev–Trinajstić information content (AvgIpc) is 2.03. The lowest BCUT2D eigenvalue weighted by Crippen LogP contribution is -2.00. The average molecular weight is 185 g/mol. The van der Waals surface area contributed by atoms with E-state index in [2.05, 4.69) is 0 Å². The summed E-state index contributed by atoms with van der Waals surface area (Å²) in [7, 11) is 0. The Bertz CT molecular complexity index is 338. The zero-order valence-corrected chi connectivity index (χ0v) is 6.90. The molecule has 0 heterocycles. The van der Waals surface area contributed by atoms with Gasteiger partial charge in [0.1, 0.15) is 0 Å². The molecule has 4 nitrogen and oxygen atoms in total. The maximum atomic E-state index is 13.2. The van der Waals surface area contributed by atoms with Crippen LogP contribution in [0.25, 0.3) is 0 Å². The van der Waals surface area contributed by atoms with E-state index in [4.69, 9.17) is 5.11 Å². The molecule has 1 aromatic carbocycles. The first-order chi connectivity index (χ1) is 6.04. The lowest BCUT2D eigenvalue weighted by Gasteiger charge is -2.04. The molecular formula is C8H8FNO3. The van der Waals surface area contributed by atoms with E-state index in [0.29, 0.717) is 0 Å². The van der Waals surface area contributed by atoms with Crippen LogP contribution < -0.4 is 0 Å². The van der Waals surface area contributed by atoms with Crippen molar-refractivity contribution in [2.75, 3.05) is 0 Å². The van der Waals surface area contributed by atoms with E-state index in [1.165, 1.54) is 19.1 Å². The van der Waals surface area contributed by atoms with Crippen LogP contribution in [0.2, 0.25) is 0 Å². The van der Waals surface area contributed by atoms with Crippen LogP contribution in [0.5, 0.6) is 0 Å². The number of nitro benzene ring substituents is 1. The van der Waals surface area contributed by atoms with Crippen molar-refractivity contribution in [2.24, 2.45) is 0 Å². The molecule has 0 aliphatic rings. The number of aliphatic hydroxyl groups is 1. The fourth-order valence-electron chi connectivity index (χ4n) is 1.00. The summed E-state index contributed by atoms with van der Waals surface area (Å²) in [6.45, 7) is 1.35. The van der Waals surface area contributed by atoms with Gasteiger partial charge in [0.05, 0.1) is 11.0 Å². The molecule has 0 saturated heterocycles. The fraction of sp³-hybridized carbons (Fsp3) is 0.250. The van der Waals surface area contributed by atoms with Crippen LogP contribution in [0.4, 0.5) is 10.1 Å². The first-order valence-electron chi connectivity index (χ1n) is 3.65. The zero-order valence-electron chi connectivity index (χ0n) is 6.90. The normalized spacial score (nSPS) is 12.5. The second kappa shape index (κ2) is 3.49. The van der Waals surface area contributed by atoms with Crippen molar-refractivity contribution < 1.29 is 14.4 Å². The van der Waals surface area contributed by atoms with Crippen molar-refractivity contribution in [2.45, 2.75) is 13.0 Å². The van der Waals surface area contributed by atoms with Crippen LogP contribution in [-0.4, -0.2) is 10.0 Å². The molecule has 0 radical (unpaired) electrons. The van der Waals surface area contributed by atoms with E-state index in [9.17, 15) is 14.5 Å². The van der Waals surface area contributed by atoms with Gasteiger partial charge in [0.15, 0.2) is 0 Å². The van der Waals surface area contributed by atoms with Gasteiger partial charge in [-0.3, -0.25) is 10.1 Å². The van der Waals surface area contributed by atoms with E-state index < -0.39 is 22.5 Å². The second-order valence-corrected chi connectivity index (χ2v) is 2.61. The number of rotatable bonds is 2. The third-order valence-electron chi connectivity index (χ3n) is 1.65. The smallest absolute Gasteiger partial charge is 0.305 e. The predicted molar refractivity (Wildman–Crippen MR) is 43.7 cm³/mol. The van der Waals surface area contributed by atoms with Gasteiger partial charge in [-0.1, -0.05) is 12.1 Å². The summed E-state index contributed by atoms with van der Waals surface area (Å²) in [4.78, 5) is 9.46. The maximum absolute atomic E-state index is 13.2. The molecule has 1 atom stereocenters. The number of hydrogen-bond acceptors (Lipinski definition) is 3. The highest BCUT2D eigenvalue weighted by Crippen LogP contribution is 2.24. The van der Waals surface area contributed by atoms with Crippen LogP contribution >= 0.6 is 0 Å². The second-order valence-electron chi connectivity index (χ2n) is 2.61. The van der Waals surface area contributed by atoms with Crippen LogP contribution in [0.15, 0.2) is 18.2 Å². The van der Waals surface area contributed by atoms with Crippen LogP contribution in [0, 0.1) is 15.9 Å². The number of nitrogens with zero attached hydrogens (tertiary/aromatic N) is 1. The molecule has 0 saturated carbocycles. The largest absolute Gasteiger partial charge is 0.389 e. The minimum absolute atomic E-state index is 0.0609. The molecule has 5 heteroatoms. The van der Waals surface area contributed by atoms with Crippen LogP contribution in [0.3, 0.4) is 0 Å². The molecule has 1 rings (SSSR count). The maximum Gasteiger partial charge on any atom is 0.305 e. The molecule has 0 bridgehead atoms. The van der Waals surface area contributed by atoms with Gasteiger partial charge in [-0.15, -0.1) is 0 Å². The van der Waals surface area contributed by atoms with Crippen molar-refractivity contribution >= 4 is 5.69 Å². The topological polar surface area (TPSA) is 63.4 Å². The van der Waals surface area contributed by atoms with E-state index >= 15 is 0 Å². The van der Waals surface area contributed by atoms with Crippen molar-refractivity contribution in [1.82, 2.24) is 0 Å². The summed E-state index contributed by atoms with van der Waals surface area (Å²) in [5, 5.41) is 19.3. The van der Waals surface area contributed by atoms with Gasteiger partial charge in [0, 0.05) is 11.6 Å². The Labute approximate surface area is 73.8 Å². The van der Waals surface area contributed by atoms with Crippen LogP contribution in [-0.2, 0) is 0 Å².